The number of non-ortho nitro benzene ring substituents is 1. The van der Waals surface area contributed by atoms with E-state index in [2.05, 4.69) is 10.2 Å². The average molecular weight is 419 g/mol. The van der Waals surface area contributed by atoms with E-state index < -0.39 is 14.8 Å². The fourth-order valence-corrected chi connectivity index (χ4v) is 4.86. The SMILES string of the molecule is CCn1c(CS(=O)(=O)c2ccccc2)nnc1SCc1ccc([N+](=O)[O-])cc1. The Morgan fingerprint density at radius 3 is 2.36 bits per heavy atom. The van der Waals surface area contributed by atoms with Crippen LogP contribution in [0.1, 0.15) is 18.3 Å². The largest absolute Gasteiger partial charge is 0.305 e. The van der Waals surface area contributed by atoms with Gasteiger partial charge >= 0.3 is 0 Å². The number of benzene rings is 2. The van der Waals surface area contributed by atoms with Crippen LogP contribution in [0.2, 0.25) is 0 Å². The lowest BCUT2D eigenvalue weighted by atomic mass is 10.2. The molecule has 1 heterocycles. The number of hydrogen-bond donors (Lipinski definition) is 0. The van der Waals surface area contributed by atoms with Gasteiger partial charge in [0.25, 0.3) is 5.69 Å². The van der Waals surface area contributed by atoms with Crippen molar-refractivity contribution >= 4 is 27.3 Å². The highest BCUT2D eigenvalue weighted by Gasteiger charge is 2.21. The lowest BCUT2D eigenvalue weighted by Crippen LogP contribution is -2.11. The summed E-state index contributed by atoms with van der Waals surface area (Å²) in [7, 11) is -3.51. The van der Waals surface area contributed by atoms with E-state index in [1.54, 1.807) is 47.0 Å². The number of nitro benzene ring substituents is 1. The molecule has 0 N–H and O–H groups in total. The molecule has 1 aromatic heterocycles. The molecule has 0 unspecified atom stereocenters. The van der Waals surface area contributed by atoms with Gasteiger partial charge in [-0.15, -0.1) is 10.2 Å². The smallest absolute Gasteiger partial charge is 0.269 e. The van der Waals surface area contributed by atoms with Gasteiger partial charge < -0.3 is 4.57 Å². The first-order valence-electron chi connectivity index (χ1n) is 8.46. The molecule has 28 heavy (non-hydrogen) atoms. The van der Waals surface area contributed by atoms with Crippen LogP contribution in [0.15, 0.2) is 64.6 Å². The molecule has 0 atom stereocenters. The van der Waals surface area contributed by atoms with E-state index in [1.807, 2.05) is 6.92 Å². The van der Waals surface area contributed by atoms with Gasteiger partial charge in [-0.1, -0.05) is 42.1 Å². The van der Waals surface area contributed by atoms with Crippen molar-refractivity contribution < 1.29 is 13.3 Å². The summed E-state index contributed by atoms with van der Waals surface area (Å²) in [6, 6.07) is 14.6. The zero-order valence-electron chi connectivity index (χ0n) is 15.1. The molecule has 0 aliphatic rings. The average Bonchev–Trinajstić information content (AvgIpc) is 3.08. The van der Waals surface area contributed by atoms with Crippen molar-refractivity contribution in [2.24, 2.45) is 0 Å². The lowest BCUT2D eigenvalue weighted by Gasteiger charge is -2.08. The summed E-state index contributed by atoms with van der Waals surface area (Å²) in [6.45, 7) is 2.44. The van der Waals surface area contributed by atoms with Gasteiger partial charge in [-0.3, -0.25) is 10.1 Å². The third-order valence-corrected chi connectivity index (χ3v) is 6.71. The summed E-state index contributed by atoms with van der Waals surface area (Å²) in [5.74, 6) is 0.704. The van der Waals surface area contributed by atoms with Crippen molar-refractivity contribution in [2.75, 3.05) is 0 Å². The van der Waals surface area contributed by atoms with Crippen LogP contribution in [0, 0.1) is 10.1 Å². The van der Waals surface area contributed by atoms with E-state index in [1.165, 1.54) is 23.9 Å². The van der Waals surface area contributed by atoms with E-state index in [9.17, 15) is 18.5 Å². The number of hydrogen-bond acceptors (Lipinski definition) is 7. The van der Waals surface area contributed by atoms with Crippen LogP contribution >= 0.6 is 11.8 Å². The summed E-state index contributed by atoms with van der Waals surface area (Å²) in [4.78, 5) is 10.5. The predicted octanol–water partition coefficient (Wildman–Crippen LogP) is 3.47. The lowest BCUT2D eigenvalue weighted by molar-refractivity contribution is -0.384. The molecule has 0 saturated heterocycles. The highest BCUT2D eigenvalue weighted by atomic mass is 32.2. The highest BCUT2D eigenvalue weighted by molar-refractivity contribution is 7.98. The molecule has 0 amide bonds. The molecular formula is C18H18N4O4S2. The third kappa shape index (κ3) is 4.57. The second-order valence-electron chi connectivity index (χ2n) is 5.93. The Bertz CT molecular complexity index is 1060. The minimum absolute atomic E-state index is 0.0406. The number of nitro groups is 1. The van der Waals surface area contributed by atoms with E-state index in [0.29, 0.717) is 23.3 Å². The van der Waals surface area contributed by atoms with Crippen LogP contribution in [0.5, 0.6) is 0 Å². The van der Waals surface area contributed by atoms with Gasteiger partial charge in [0.15, 0.2) is 15.0 Å². The second-order valence-corrected chi connectivity index (χ2v) is 8.86. The molecular weight excluding hydrogens is 400 g/mol. The Balaban J connectivity index is 1.74. The fourth-order valence-electron chi connectivity index (χ4n) is 2.59. The molecule has 0 saturated carbocycles. The molecule has 3 aromatic rings. The summed E-state index contributed by atoms with van der Waals surface area (Å²) in [5.41, 5.74) is 0.943. The second kappa shape index (κ2) is 8.53. The Labute approximate surface area is 166 Å². The summed E-state index contributed by atoms with van der Waals surface area (Å²) in [5, 5.41) is 19.5. The molecule has 0 fully saturated rings. The first-order valence-corrected chi connectivity index (χ1v) is 11.1. The summed E-state index contributed by atoms with van der Waals surface area (Å²) in [6.07, 6.45) is 0. The van der Waals surface area contributed by atoms with Gasteiger partial charge in [0.2, 0.25) is 0 Å². The van der Waals surface area contributed by atoms with E-state index >= 15 is 0 Å². The van der Waals surface area contributed by atoms with Crippen LogP contribution in [-0.2, 0) is 27.9 Å². The van der Waals surface area contributed by atoms with Crippen LogP contribution in [0.4, 0.5) is 5.69 Å². The maximum atomic E-state index is 12.6. The highest BCUT2D eigenvalue weighted by Crippen LogP contribution is 2.24. The van der Waals surface area contributed by atoms with Crippen LogP contribution in [0.25, 0.3) is 0 Å². The molecule has 146 valence electrons. The van der Waals surface area contributed by atoms with Crippen molar-refractivity contribution in [1.29, 1.82) is 0 Å². The van der Waals surface area contributed by atoms with Crippen LogP contribution < -0.4 is 0 Å². The quantitative estimate of drug-likeness (QED) is 0.313. The number of nitrogens with zero attached hydrogens (tertiary/aromatic N) is 4. The zero-order chi connectivity index (χ0) is 20.1. The fraction of sp³-hybridized carbons (Fsp3) is 0.222. The van der Waals surface area contributed by atoms with Gasteiger partial charge in [-0.25, -0.2) is 8.42 Å². The molecule has 8 nitrogen and oxygen atoms in total. The van der Waals surface area contributed by atoms with Crippen LogP contribution in [0.3, 0.4) is 0 Å². The first-order chi connectivity index (χ1) is 13.4. The molecule has 0 spiro atoms. The van der Waals surface area contributed by atoms with E-state index in [4.69, 9.17) is 0 Å². The molecule has 10 heteroatoms. The van der Waals surface area contributed by atoms with Crippen molar-refractivity contribution in [1.82, 2.24) is 14.8 Å². The molecule has 2 aromatic carbocycles. The summed E-state index contributed by atoms with van der Waals surface area (Å²) >= 11 is 1.41. The minimum atomic E-state index is -3.51. The number of rotatable bonds is 8. The standard InChI is InChI=1S/C18H18N4O4S2/c1-2-21-17(13-28(25,26)16-6-4-3-5-7-16)19-20-18(21)27-12-14-8-10-15(11-9-14)22(23)24/h3-11H,2,12-13H2,1H3. The van der Waals surface area contributed by atoms with Gasteiger partial charge in [-0.05, 0) is 24.6 Å². The van der Waals surface area contributed by atoms with Crippen LogP contribution in [-0.4, -0.2) is 28.1 Å². The number of aromatic nitrogens is 3. The molecule has 0 aliphatic carbocycles. The van der Waals surface area contributed by atoms with E-state index in [0.717, 1.165) is 5.56 Å². The predicted molar refractivity (Wildman–Crippen MR) is 106 cm³/mol. The summed E-state index contributed by atoms with van der Waals surface area (Å²) < 4.78 is 27.0. The molecule has 0 bridgehead atoms. The first kappa shape index (κ1) is 20.0. The normalized spacial score (nSPS) is 11.5. The third-order valence-electron chi connectivity index (χ3n) is 4.05. The van der Waals surface area contributed by atoms with Crippen molar-refractivity contribution in [3.8, 4) is 0 Å². The monoisotopic (exact) mass is 418 g/mol. The van der Waals surface area contributed by atoms with Gasteiger partial charge in [0.05, 0.1) is 9.82 Å². The van der Waals surface area contributed by atoms with Gasteiger partial charge in [0.1, 0.15) is 11.6 Å². The van der Waals surface area contributed by atoms with E-state index in [-0.39, 0.29) is 16.3 Å². The van der Waals surface area contributed by atoms with Crippen molar-refractivity contribution in [3.63, 3.8) is 0 Å². The number of sulfone groups is 1. The Hall–Kier alpha value is -2.72. The topological polar surface area (TPSA) is 108 Å². The molecule has 3 rings (SSSR count). The van der Waals surface area contributed by atoms with Crippen molar-refractivity contribution in [3.05, 3.63) is 76.1 Å². The minimum Gasteiger partial charge on any atom is -0.305 e. The number of thioether (sulfide) groups is 1. The van der Waals surface area contributed by atoms with Gasteiger partial charge in [-0.2, -0.15) is 0 Å². The Kier molecular flexibility index (Phi) is 6.10. The maximum absolute atomic E-state index is 12.6. The zero-order valence-corrected chi connectivity index (χ0v) is 16.7. The molecule has 0 radical (unpaired) electrons. The maximum Gasteiger partial charge on any atom is 0.269 e. The van der Waals surface area contributed by atoms with Crippen molar-refractivity contribution in [2.45, 2.75) is 35.0 Å². The molecule has 0 aliphatic heterocycles. The van der Waals surface area contributed by atoms with Gasteiger partial charge in [0, 0.05) is 24.4 Å². The Morgan fingerprint density at radius 1 is 1.07 bits per heavy atom. The Morgan fingerprint density at radius 2 is 1.75 bits per heavy atom.